The Bertz CT molecular complexity index is 102. The molecule has 0 aromatic rings. The van der Waals surface area contributed by atoms with Crippen molar-refractivity contribution < 1.29 is 0 Å². The van der Waals surface area contributed by atoms with Gasteiger partial charge in [0.15, 0.2) is 3.79 Å². The first-order valence-electron chi connectivity index (χ1n) is 3.25. The van der Waals surface area contributed by atoms with E-state index in [1.54, 1.807) is 21.6 Å². The Hall–Kier alpha value is 1.57. The summed E-state index contributed by atoms with van der Waals surface area (Å²) >= 11 is 17.0. The van der Waals surface area contributed by atoms with E-state index in [0.29, 0.717) is 11.7 Å². The van der Waals surface area contributed by atoms with Gasteiger partial charge in [-0.05, 0) is 12.7 Å². The number of hydrogen-bond acceptors (Lipinski definition) is 2. The molecule has 68 valence electrons. The zero-order valence-electron chi connectivity index (χ0n) is 6.44. The van der Waals surface area contributed by atoms with Crippen LogP contribution in [-0.4, -0.2) is 15.3 Å². The van der Waals surface area contributed by atoms with Crippen LogP contribution >= 0.6 is 56.4 Å². The van der Waals surface area contributed by atoms with Crippen molar-refractivity contribution in [1.82, 2.24) is 0 Å². The Morgan fingerprint density at radius 1 is 1.36 bits per heavy atom. The molecular formula is C6H11Cl3S2. The van der Waals surface area contributed by atoms with Gasteiger partial charge in [-0.1, -0.05) is 63.3 Å². The van der Waals surface area contributed by atoms with Crippen molar-refractivity contribution in [2.24, 2.45) is 0 Å². The molecule has 0 N–H and O–H groups in total. The van der Waals surface area contributed by atoms with E-state index in [1.807, 2.05) is 6.26 Å². The molecule has 0 fully saturated rings. The summed E-state index contributed by atoms with van der Waals surface area (Å²) in [5.41, 5.74) is 0. The average molecular weight is 254 g/mol. The predicted molar refractivity (Wildman–Crippen MR) is 60.1 cm³/mol. The smallest absolute Gasteiger partial charge is 0.0973 e. The van der Waals surface area contributed by atoms with Gasteiger partial charge in [0.05, 0.1) is 0 Å². The van der Waals surface area contributed by atoms with Gasteiger partial charge >= 0.3 is 0 Å². The molecule has 0 aliphatic heterocycles. The van der Waals surface area contributed by atoms with Crippen molar-refractivity contribution in [3.63, 3.8) is 0 Å². The lowest BCUT2D eigenvalue weighted by Gasteiger charge is -2.17. The second kappa shape index (κ2) is 6.09. The highest BCUT2D eigenvalue weighted by Gasteiger charge is 2.24. The van der Waals surface area contributed by atoms with E-state index >= 15 is 0 Å². The molecule has 1 atom stereocenters. The highest BCUT2D eigenvalue weighted by molar-refractivity contribution is 8.76. The zero-order valence-corrected chi connectivity index (χ0v) is 10.3. The normalized spacial score (nSPS) is 15.0. The monoisotopic (exact) mass is 252 g/mol. The quantitative estimate of drug-likeness (QED) is 0.533. The van der Waals surface area contributed by atoms with Gasteiger partial charge in [0, 0.05) is 11.7 Å². The third-order valence-electron chi connectivity index (χ3n) is 1.15. The molecule has 0 bridgehead atoms. The second-order valence-electron chi connectivity index (χ2n) is 2.11. The van der Waals surface area contributed by atoms with Crippen LogP contribution in [0, 0.1) is 0 Å². The van der Waals surface area contributed by atoms with Crippen LogP contribution in [0.1, 0.15) is 19.8 Å². The molecular weight excluding hydrogens is 243 g/mol. The number of rotatable bonds is 4. The lowest BCUT2D eigenvalue weighted by molar-refractivity contribution is 0.757. The van der Waals surface area contributed by atoms with Gasteiger partial charge in [0.2, 0.25) is 0 Å². The summed E-state index contributed by atoms with van der Waals surface area (Å²) in [7, 11) is 3.48. The summed E-state index contributed by atoms with van der Waals surface area (Å²) < 4.78 is -1.09. The molecule has 0 unspecified atom stereocenters. The van der Waals surface area contributed by atoms with Gasteiger partial charge < -0.3 is 0 Å². The van der Waals surface area contributed by atoms with E-state index in [1.165, 1.54) is 0 Å². The topological polar surface area (TPSA) is 0 Å². The van der Waals surface area contributed by atoms with Gasteiger partial charge in [0.25, 0.3) is 0 Å². The molecule has 0 amide bonds. The van der Waals surface area contributed by atoms with E-state index in [2.05, 4.69) is 6.92 Å². The van der Waals surface area contributed by atoms with Crippen molar-refractivity contribution >= 4 is 56.4 Å². The van der Waals surface area contributed by atoms with Gasteiger partial charge in [-0.25, -0.2) is 0 Å². The third kappa shape index (κ3) is 7.92. The molecule has 0 radical (unpaired) electrons. The SMILES string of the molecule is CC[C@@H](CC(Cl)(Cl)Cl)SSC. The van der Waals surface area contributed by atoms with Gasteiger partial charge in [-0.15, -0.1) is 0 Å². The summed E-state index contributed by atoms with van der Waals surface area (Å²) in [4.78, 5) is 0. The Balaban J connectivity index is 3.68. The highest BCUT2D eigenvalue weighted by Crippen LogP contribution is 2.38. The second-order valence-corrected chi connectivity index (χ2v) is 7.40. The number of alkyl halides is 3. The summed E-state index contributed by atoms with van der Waals surface area (Å²) in [6.07, 6.45) is 3.70. The minimum atomic E-state index is -1.09. The van der Waals surface area contributed by atoms with E-state index in [-0.39, 0.29) is 0 Å². The van der Waals surface area contributed by atoms with Crippen LogP contribution in [0.2, 0.25) is 0 Å². The molecule has 11 heavy (non-hydrogen) atoms. The standard InChI is InChI=1S/C6H11Cl3S2/c1-3-5(11-10-2)4-6(7,8)9/h5H,3-4H2,1-2H3/t5-/m0/s1. The minimum absolute atomic E-state index is 0.442. The summed E-state index contributed by atoms with van der Waals surface area (Å²) in [5.74, 6) is 0. The molecule has 0 saturated carbocycles. The van der Waals surface area contributed by atoms with Gasteiger partial charge in [-0.2, -0.15) is 0 Å². The molecule has 5 heteroatoms. The Kier molecular flexibility index (Phi) is 6.96. The Morgan fingerprint density at radius 3 is 2.18 bits per heavy atom. The van der Waals surface area contributed by atoms with Crippen LogP contribution in [0.15, 0.2) is 0 Å². The Labute approximate surface area is 91.1 Å². The first-order chi connectivity index (χ1) is 4.99. The first kappa shape index (κ1) is 12.6. The molecule has 0 rings (SSSR count). The summed E-state index contributed by atoms with van der Waals surface area (Å²) in [6.45, 7) is 2.10. The average Bonchev–Trinajstić information content (AvgIpc) is 1.84. The Morgan fingerprint density at radius 2 is 1.91 bits per heavy atom. The molecule has 0 saturated heterocycles. The molecule has 0 aromatic heterocycles. The fourth-order valence-electron chi connectivity index (χ4n) is 0.641. The van der Waals surface area contributed by atoms with E-state index in [4.69, 9.17) is 34.8 Å². The molecule has 0 spiro atoms. The van der Waals surface area contributed by atoms with E-state index in [9.17, 15) is 0 Å². The zero-order chi connectivity index (χ0) is 8.91. The third-order valence-corrected chi connectivity index (χ3v) is 3.97. The van der Waals surface area contributed by atoms with Crippen LogP contribution in [0.25, 0.3) is 0 Å². The van der Waals surface area contributed by atoms with Crippen LogP contribution in [-0.2, 0) is 0 Å². The lowest BCUT2D eigenvalue weighted by atomic mass is 10.3. The molecule has 0 aliphatic carbocycles. The van der Waals surface area contributed by atoms with Crippen LogP contribution < -0.4 is 0 Å². The molecule has 0 nitrogen and oxygen atoms in total. The summed E-state index contributed by atoms with van der Waals surface area (Å²) in [5, 5.41) is 0.442. The number of hydrogen-bond donors (Lipinski definition) is 0. The number of halogens is 3. The van der Waals surface area contributed by atoms with Crippen molar-refractivity contribution in [3.8, 4) is 0 Å². The van der Waals surface area contributed by atoms with E-state index in [0.717, 1.165) is 6.42 Å². The fourth-order valence-corrected chi connectivity index (χ4v) is 3.63. The maximum absolute atomic E-state index is 5.65. The predicted octanol–water partition coefficient (Wildman–Crippen LogP) is 4.54. The van der Waals surface area contributed by atoms with Crippen molar-refractivity contribution in [1.29, 1.82) is 0 Å². The van der Waals surface area contributed by atoms with Crippen LogP contribution in [0.5, 0.6) is 0 Å². The maximum Gasteiger partial charge on any atom is 0.191 e. The van der Waals surface area contributed by atoms with Crippen LogP contribution in [0.3, 0.4) is 0 Å². The lowest BCUT2D eigenvalue weighted by Crippen LogP contribution is -2.12. The fraction of sp³-hybridized carbons (Fsp3) is 1.00. The summed E-state index contributed by atoms with van der Waals surface area (Å²) in [6, 6.07) is 0. The minimum Gasteiger partial charge on any atom is -0.0973 e. The van der Waals surface area contributed by atoms with Crippen molar-refractivity contribution in [2.45, 2.75) is 28.8 Å². The highest BCUT2D eigenvalue weighted by atomic mass is 35.6. The van der Waals surface area contributed by atoms with E-state index < -0.39 is 3.79 Å². The largest absolute Gasteiger partial charge is 0.191 e. The van der Waals surface area contributed by atoms with Gasteiger partial charge in [0.1, 0.15) is 0 Å². The first-order valence-corrected chi connectivity index (χ1v) is 7.01. The molecule has 0 aliphatic rings. The maximum atomic E-state index is 5.65. The van der Waals surface area contributed by atoms with Crippen molar-refractivity contribution in [3.05, 3.63) is 0 Å². The van der Waals surface area contributed by atoms with Crippen molar-refractivity contribution in [2.75, 3.05) is 6.26 Å². The molecule has 0 aromatic carbocycles. The van der Waals surface area contributed by atoms with Gasteiger partial charge in [-0.3, -0.25) is 0 Å². The molecule has 0 heterocycles. The van der Waals surface area contributed by atoms with Crippen LogP contribution in [0.4, 0.5) is 0 Å².